The van der Waals surface area contributed by atoms with E-state index in [-0.39, 0.29) is 30.5 Å². The quantitative estimate of drug-likeness (QED) is 0.341. The van der Waals surface area contributed by atoms with Gasteiger partial charge in [-0.05, 0) is 53.4 Å². The molecule has 3 aromatic rings. The lowest BCUT2D eigenvalue weighted by Gasteiger charge is -2.33. The molecule has 0 unspecified atom stereocenters. The van der Waals surface area contributed by atoms with Gasteiger partial charge in [0.2, 0.25) is 21.8 Å². The van der Waals surface area contributed by atoms with E-state index < -0.39 is 34.3 Å². The van der Waals surface area contributed by atoms with Crippen LogP contribution in [0.5, 0.6) is 0 Å². The van der Waals surface area contributed by atoms with Crippen molar-refractivity contribution in [2.75, 3.05) is 23.7 Å². The van der Waals surface area contributed by atoms with Gasteiger partial charge in [-0.15, -0.1) is 0 Å². The van der Waals surface area contributed by atoms with Crippen LogP contribution in [0.1, 0.15) is 25.0 Å². The van der Waals surface area contributed by atoms with Crippen molar-refractivity contribution < 1.29 is 22.4 Å². The Kier molecular flexibility index (Phi) is 10.5. The van der Waals surface area contributed by atoms with Crippen molar-refractivity contribution in [3.05, 3.63) is 101 Å². The summed E-state index contributed by atoms with van der Waals surface area (Å²) >= 11 is 6.20. The summed E-state index contributed by atoms with van der Waals surface area (Å²) in [5.41, 5.74) is 1.65. The summed E-state index contributed by atoms with van der Waals surface area (Å²) in [6.07, 6.45) is 1.19. The molecule has 0 aliphatic heterocycles. The number of carbonyl (C=O) groups excluding carboxylic acids is 2. The zero-order valence-electron chi connectivity index (χ0n) is 22.2. The van der Waals surface area contributed by atoms with Crippen molar-refractivity contribution in [2.45, 2.75) is 32.9 Å². The van der Waals surface area contributed by atoms with Crippen LogP contribution in [0.3, 0.4) is 0 Å². The zero-order valence-corrected chi connectivity index (χ0v) is 23.8. The maximum atomic E-state index is 13.9. The van der Waals surface area contributed by atoms with Gasteiger partial charge in [0.25, 0.3) is 0 Å². The van der Waals surface area contributed by atoms with Crippen LogP contribution >= 0.6 is 11.6 Å². The molecular formula is C29H33ClFN3O4S. The molecule has 0 saturated heterocycles. The summed E-state index contributed by atoms with van der Waals surface area (Å²) in [7, 11) is -3.92. The molecule has 7 nitrogen and oxygen atoms in total. The lowest BCUT2D eigenvalue weighted by atomic mass is 10.0. The average molecular weight is 574 g/mol. The van der Waals surface area contributed by atoms with Crippen LogP contribution in [0.4, 0.5) is 10.1 Å². The fourth-order valence-corrected chi connectivity index (χ4v) is 5.09. The highest BCUT2D eigenvalue weighted by Crippen LogP contribution is 2.21. The predicted molar refractivity (Wildman–Crippen MR) is 152 cm³/mol. The first kappa shape index (κ1) is 30.1. The van der Waals surface area contributed by atoms with E-state index in [0.29, 0.717) is 17.1 Å². The number of hydrogen-bond donors (Lipinski definition) is 1. The van der Waals surface area contributed by atoms with Gasteiger partial charge < -0.3 is 10.2 Å². The highest BCUT2D eigenvalue weighted by molar-refractivity contribution is 7.92. The maximum Gasteiger partial charge on any atom is 0.244 e. The van der Waals surface area contributed by atoms with Crippen molar-refractivity contribution in [1.82, 2.24) is 10.2 Å². The van der Waals surface area contributed by atoms with Crippen LogP contribution in [0, 0.1) is 11.7 Å². The van der Waals surface area contributed by atoms with Gasteiger partial charge in [-0.3, -0.25) is 13.9 Å². The number of anilines is 1. The average Bonchev–Trinajstić information content (AvgIpc) is 2.88. The van der Waals surface area contributed by atoms with Crippen LogP contribution in [0.15, 0.2) is 78.9 Å². The first-order valence-corrected chi connectivity index (χ1v) is 14.8. The number of carbonyl (C=O) groups is 2. The van der Waals surface area contributed by atoms with E-state index >= 15 is 0 Å². The van der Waals surface area contributed by atoms with Gasteiger partial charge >= 0.3 is 0 Å². The molecule has 208 valence electrons. The van der Waals surface area contributed by atoms with E-state index in [1.807, 2.05) is 44.2 Å². The molecule has 0 spiro atoms. The van der Waals surface area contributed by atoms with Crippen molar-refractivity contribution in [3.63, 3.8) is 0 Å². The Labute approximate surface area is 234 Å². The van der Waals surface area contributed by atoms with Crippen LogP contribution in [-0.4, -0.2) is 50.5 Å². The molecule has 1 atom stereocenters. The molecule has 39 heavy (non-hydrogen) atoms. The van der Waals surface area contributed by atoms with Crippen molar-refractivity contribution in [3.8, 4) is 0 Å². The van der Waals surface area contributed by atoms with Gasteiger partial charge in [0.1, 0.15) is 18.4 Å². The number of hydrogen-bond acceptors (Lipinski definition) is 4. The molecule has 0 heterocycles. The molecule has 0 bridgehead atoms. The largest absolute Gasteiger partial charge is 0.354 e. The lowest BCUT2D eigenvalue weighted by Crippen LogP contribution is -2.53. The fourth-order valence-electron chi connectivity index (χ4n) is 4.03. The second kappa shape index (κ2) is 13.6. The molecule has 10 heteroatoms. The Morgan fingerprint density at radius 1 is 0.949 bits per heavy atom. The minimum atomic E-state index is -3.92. The number of nitrogens with zero attached hydrogens (tertiary/aromatic N) is 2. The molecule has 0 aliphatic carbocycles. The summed E-state index contributed by atoms with van der Waals surface area (Å²) in [5, 5.41) is 3.39. The number of amides is 2. The summed E-state index contributed by atoms with van der Waals surface area (Å²) in [6, 6.07) is 20.1. The van der Waals surface area contributed by atoms with E-state index in [9.17, 15) is 22.4 Å². The van der Waals surface area contributed by atoms with Gasteiger partial charge in [0.05, 0.1) is 11.9 Å². The number of sulfonamides is 1. The highest BCUT2D eigenvalue weighted by atomic mass is 35.5. The predicted octanol–water partition coefficient (Wildman–Crippen LogP) is 4.66. The number of rotatable bonds is 12. The smallest absolute Gasteiger partial charge is 0.244 e. The molecule has 0 radical (unpaired) electrons. The second-order valence-corrected chi connectivity index (χ2v) is 12.1. The third-order valence-corrected chi connectivity index (χ3v) is 7.37. The molecule has 0 fully saturated rings. The van der Waals surface area contributed by atoms with Crippen LogP contribution in [0.25, 0.3) is 0 Å². The summed E-state index contributed by atoms with van der Waals surface area (Å²) in [4.78, 5) is 28.9. The SMILES string of the molecule is CC(C)CNC(=O)[C@H](Cc1ccccc1)N(Cc1cccc(Cl)c1)C(=O)CN(c1ccc(F)cc1)S(C)(=O)=O. The molecule has 1 N–H and O–H groups in total. The van der Waals surface area contributed by atoms with Gasteiger partial charge in [-0.25, -0.2) is 12.8 Å². The standard InChI is InChI=1S/C29H33ClFN3O4S/c1-21(2)18-32-29(36)27(17-22-8-5-4-6-9-22)33(19-23-10-7-11-24(30)16-23)28(35)20-34(39(3,37)38)26-14-12-25(31)13-15-26/h4-16,21,27H,17-20H2,1-3H3,(H,32,36)/t27-/m0/s1. The van der Waals surface area contributed by atoms with Crippen LogP contribution in [-0.2, 0) is 32.6 Å². The monoisotopic (exact) mass is 573 g/mol. The molecule has 0 aromatic heterocycles. The third-order valence-electron chi connectivity index (χ3n) is 5.99. The maximum absolute atomic E-state index is 13.9. The first-order chi connectivity index (χ1) is 18.4. The normalized spacial score (nSPS) is 12.2. The van der Waals surface area contributed by atoms with Gasteiger partial charge in [0, 0.05) is 24.5 Å². The minimum Gasteiger partial charge on any atom is -0.354 e. The number of nitrogens with one attached hydrogen (secondary N) is 1. The number of benzene rings is 3. The Morgan fingerprint density at radius 2 is 1.59 bits per heavy atom. The summed E-state index contributed by atoms with van der Waals surface area (Å²) in [6.45, 7) is 3.79. The minimum absolute atomic E-state index is 0.0208. The van der Waals surface area contributed by atoms with E-state index in [0.717, 1.165) is 28.3 Å². The van der Waals surface area contributed by atoms with Crippen molar-refractivity contribution in [1.29, 1.82) is 0 Å². The van der Waals surface area contributed by atoms with Gasteiger partial charge in [0.15, 0.2) is 0 Å². The molecule has 0 saturated carbocycles. The summed E-state index contributed by atoms with van der Waals surface area (Å²) < 4.78 is 39.9. The molecule has 2 amide bonds. The number of halogens is 2. The van der Waals surface area contributed by atoms with E-state index in [1.54, 1.807) is 24.3 Å². The van der Waals surface area contributed by atoms with Crippen molar-refractivity contribution >= 4 is 39.1 Å². The third kappa shape index (κ3) is 9.07. The topological polar surface area (TPSA) is 86.8 Å². The van der Waals surface area contributed by atoms with E-state index in [4.69, 9.17) is 11.6 Å². The van der Waals surface area contributed by atoms with Crippen molar-refractivity contribution in [2.24, 2.45) is 5.92 Å². The molecular weight excluding hydrogens is 541 g/mol. The second-order valence-electron chi connectivity index (χ2n) is 9.74. The molecule has 3 rings (SSSR count). The molecule has 3 aromatic carbocycles. The van der Waals surface area contributed by atoms with Gasteiger partial charge in [-0.2, -0.15) is 0 Å². The fraction of sp³-hybridized carbons (Fsp3) is 0.310. The Morgan fingerprint density at radius 3 is 2.18 bits per heavy atom. The summed E-state index contributed by atoms with van der Waals surface area (Å²) in [5.74, 6) is -1.30. The molecule has 0 aliphatic rings. The lowest BCUT2D eigenvalue weighted by molar-refractivity contribution is -0.140. The van der Waals surface area contributed by atoms with E-state index in [2.05, 4.69) is 5.32 Å². The Hall–Kier alpha value is -3.43. The van der Waals surface area contributed by atoms with E-state index in [1.165, 1.54) is 17.0 Å². The Balaban J connectivity index is 2.04. The highest BCUT2D eigenvalue weighted by Gasteiger charge is 2.33. The van der Waals surface area contributed by atoms with Crippen LogP contribution in [0.2, 0.25) is 5.02 Å². The van der Waals surface area contributed by atoms with Crippen LogP contribution < -0.4 is 9.62 Å². The Bertz CT molecular complexity index is 1370. The zero-order chi connectivity index (χ0) is 28.6. The van der Waals surface area contributed by atoms with Gasteiger partial charge in [-0.1, -0.05) is 67.9 Å². The first-order valence-electron chi connectivity index (χ1n) is 12.5.